The van der Waals surface area contributed by atoms with Gasteiger partial charge in [0.25, 0.3) is 0 Å². The minimum absolute atomic E-state index is 0.654. The van der Waals surface area contributed by atoms with Gasteiger partial charge in [-0.25, -0.2) is 0 Å². The second-order valence-corrected chi connectivity index (χ2v) is 4.75. The summed E-state index contributed by atoms with van der Waals surface area (Å²) in [4.78, 5) is 4.88. The van der Waals surface area contributed by atoms with Crippen molar-refractivity contribution < 1.29 is 0 Å². The molecule has 0 aromatic heterocycles. The van der Waals surface area contributed by atoms with Crippen LogP contribution in [0.3, 0.4) is 0 Å². The van der Waals surface area contributed by atoms with Gasteiger partial charge in [0.2, 0.25) is 0 Å². The van der Waals surface area contributed by atoms with Gasteiger partial charge in [0.05, 0.1) is 6.07 Å². The van der Waals surface area contributed by atoms with Gasteiger partial charge in [-0.2, -0.15) is 5.26 Å². The molecule has 15 heavy (non-hydrogen) atoms. The van der Waals surface area contributed by atoms with Gasteiger partial charge < -0.3 is 9.80 Å². The molecule has 0 unspecified atom stereocenters. The lowest BCUT2D eigenvalue weighted by molar-refractivity contribution is 0.109. The van der Waals surface area contributed by atoms with E-state index in [1.165, 1.54) is 25.9 Å². The molecule has 3 nitrogen and oxygen atoms in total. The van der Waals surface area contributed by atoms with Gasteiger partial charge in [-0.15, -0.1) is 0 Å². The molecule has 0 radical (unpaired) electrons. The number of hydrogen-bond donors (Lipinski definition) is 0. The summed E-state index contributed by atoms with van der Waals surface area (Å²) < 4.78 is 0. The van der Waals surface area contributed by atoms with E-state index >= 15 is 0 Å². The van der Waals surface area contributed by atoms with Gasteiger partial charge in [-0.1, -0.05) is 0 Å². The topological polar surface area (TPSA) is 30.3 Å². The van der Waals surface area contributed by atoms with Crippen LogP contribution in [-0.4, -0.2) is 48.6 Å². The molecule has 1 rings (SSSR count). The lowest BCUT2D eigenvalue weighted by Crippen LogP contribution is -2.45. The molecule has 1 aliphatic heterocycles. The third-order valence-corrected chi connectivity index (χ3v) is 3.43. The lowest BCUT2D eigenvalue weighted by Gasteiger charge is -2.38. The highest BCUT2D eigenvalue weighted by molar-refractivity contribution is 4.81. The smallest absolute Gasteiger partial charge is 0.0635 e. The molecule has 0 aromatic rings. The molecule has 3 heteroatoms. The number of nitrogens with zero attached hydrogens (tertiary/aromatic N) is 3. The van der Waals surface area contributed by atoms with Crippen LogP contribution >= 0.6 is 0 Å². The maximum atomic E-state index is 8.54. The Hall–Kier alpha value is -0.590. The minimum atomic E-state index is 0.654. The third-order valence-electron chi connectivity index (χ3n) is 3.43. The van der Waals surface area contributed by atoms with Crippen LogP contribution in [0.25, 0.3) is 0 Å². The molecule has 0 amide bonds. The number of hydrogen-bond acceptors (Lipinski definition) is 3. The number of likely N-dealkylation sites (tertiary alicyclic amines) is 1. The summed E-state index contributed by atoms with van der Waals surface area (Å²) in [6.45, 7) is 7.86. The molecule has 0 bridgehead atoms. The summed E-state index contributed by atoms with van der Waals surface area (Å²) in [5.41, 5.74) is 0. The van der Waals surface area contributed by atoms with Crippen LogP contribution in [0.2, 0.25) is 0 Å². The summed E-state index contributed by atoms with van der Waals surface area (Å²) in [5.74, 6) is 0. The van der Waals surface area contributed by atoms with Crippen molar-refractivity contribution in [2.24, 2.45) is 0 Å². The highest BCUT2D eigenvalue weighted by atomic mass is 15.2. The molecule has 0 aliphatic carbocycles. The lowest BCUT2D eigenvalue weighted by atomic mass is 10.0. The van der Waals surface area contributed by atoms with Crippen LogP contribution in [0.5, 0.6) is 0 Å². The fourth-order valence-electron chi connectivity index (χ4n) is 2.25. The first-order chi connectivity index (χ1) is 7.15. The molecular formula is C12H23N3. The van der Waals surface area contributed by atoms with E-state index in [9.17, 15) is 0 Å². The Kier molecular flexibility index (Phi) is 5.07. The van der Waals surface area contributed by atoms with Crippen LogP contribution in [0, 0.1) is 11.3 Å². The fourth-order valence-corrected chi connectivity index (χ4v) is 2.25. The SMILES string of the molecule is CC(C)N1CCC(N(C)CCC#N)CC1. The van der Waals surface area contributed by atoms with Gasteiger partial charge in [0.1, 0.15) is 0 Å². The van der Waals surface area contributed by atoms with Crippen molar-refractivity contribution in [1.29, 1.82) is 5.26 Å². The van der Waals surface area contributed by atoms with Gasteiger partial charge in [0.15, 0.2) is 0 Å². The maximum absolute atomic E-state index is 8.54. The zero-order chi connectivity index (χ0) is 11.3. The fraction of sp³-hybridized carbons (Fsp3) is 0.917. The van der Waals surface area contributed by atoms with E-state index in [-0.39, 0.29) is 0 Å². The van der Waals surface area contributed by atoms with Crippen molar-refractivity contribution in [2.75, 3.05) is 26.7 Å². The second kappa shape index (κ2) is 6.09. The van der Waals surface area contributed by atoms with Gasteiger partial charge >= 0.3 is 0 Å². The Morgan fingerprint density at radius 3 is 2.47 bits per heavy atom. The zero-order valence-corrected chi connectivity index (χ0v) is 10.2. The monoisotopic (exact) mass is 209 g/mol. The summed E-state index contributed by atoms with van der Waals surface area (Å²) in [7, 11) is 2.15. The van der Waals surface area contributed by atoms with E-state index in [0.29, 0.717) is 18.5 Å². The Labute approximate surface area is 93.7 Å². The van der Waals surface area contributed by atoms with Crippen molar-refractivity contribution in [3.8, 4) is 6.07 Å². The molecule has 86 valence electrons. The molecule has 0 spiro atoms. The van der Waals surface area contributed by atoms with Crippen molar-refractivity contribution in [2.45, 2.75) is 45.2 Å². The van der Waals surface area contributed by atoms with Crippen molar-refractivity contribution >= 4 is 0 Å². The number of rotatable bonds is 4. The van der Waals surface area contributed by atoms with Gasteiger partial charge in [0, 0.05) is 25.0 Å². The Bertz CT molecular complexity index is 211. The van der Waals surface area contributed by atoms with Crippen LogP contribution in [-0.2, 0) is 0 Å². The van der Waals surface area contributed by atoms with E-state index in [1.807, 2.05) is 0 Å². The molecule has 1 heterocycles. The zero-order valence-electron chi connectivity index (χ0n) is 10.2. The van der Waals surface area contributed by atoms with Crippen molar-refractivity contribution in [1.82, 2.24) is 9.80 Å². The van der Waals surface area contributed by atoms with Crippen molar-refractivity contribution in [3.05, 3.63) is 0 Å². The predicted octanol–water partition coefficient (Wildman–Crippen LogP) is 1.70. The van der Waals surface area contributed by atoms with Crippen LogP contribution < -0.4 is 0 Å². The van der Waals surface area contributed by atoms with Gasteiger partial charge in [-0.3, -0.25) is 0 Å². The molecule has 0 aromatic carbocycles. The minimum Gasteiger partial charge on any atom is -0.302 e. The van der Waals surface area contributed by atoms with Gasteiger partial charge in [-0.05, 0) is 46.8 Å². The van der Waals surface area contributed by atoms with E-state index in [4.69, 9.17) is 5.26 Å². The molecule has 1 fully saturated rings. The average Bonchev–Trinajstić information content (AvgIpc) is 2.26. The highest BCUT2D eigenvalue weighted by Crippen LogP contribution is 2.17. The Morgan fingerprint density at radius 2 is 2.00 bits per heavy atom. The summed E-state index contributed by atoms with van der Waals surface area (Å²) >= 11 is 0. The van der Waals surface area contributed by atoms with E-state index in [1.54, 1.807) is 0 Å². The first kappa shape index (κ1) is 12.5. The normalized spacial score (nSPS) is 19.7. The quantitative estimate of drug-likeness (QED) is 0.706. The first-order valence-electron chi connectivity index (χ1n) is 5.96. The van der Waals surface area contributed by atoms with Crippen LogP contribution in [0.15, 0.2) is 0 Å². The van der Waals surface area contributed by atoms with Crippen molar-refractivity contribution in [3.63, 3.8) is 0 Å². The standard InChI is InChI=1S/C12H23N3/c1-11(2)15-9-5-12(6-10-15)14(3)8-4-7-13/h11-12H,4-6,8-10H2,1-3H3. The predicted molar refractivity (Wildman–Crippen MR) is 62.6 cm³/mol. The molecule has 0 N–H and O–H groups in total. The van der Waals surface area contributed by atoms with E-state index < -0.39 is 0 Å². The van der Waals surface area contributed by atoms with Crippen LogP contribution in [0.1, 0.15) is 33.1 Å². The highest BCUT2D eigenvalue weighted by Gasteiger charge is 2.23. The average molecular weight is 209 g/mol. The summed E-state index contributed by atoms with van der Waals surface area (Å²) in [6.07, 6.45) is 3.15. The second-order valence-electron chi connectivity index (χ2n) is 4.75. The summed E-state index contributed by atoms with van der Waals surface area (Å²) in [6, 6.07) is 3.58. The molecule has 0 saturated carbocycles. The molecule has 1 saturated heterocycles. The number of piperidine rings is 1. The van der Waals surface area contributed by atoms with E-state index in [2.05, 4.69) is 36.8 Å². The van der Waals surface area contributed by atoms with Crippen LogP contribution in [0.4, 0.5) is 0 Å². The van der Waals surface area contributed by atoms with E-state index in [0.717, 1.165) is 6.54 Å². The maximum Gasteiger partial charge on any atom is 0.0635 e. The third kappa shape index (κ3) is 3.81. The molecule has 0 atom stereocenters. The molecule has 1 aliphatic rings. The Balaban J connectivity index is 2.27. The largest absolute Gasteiger partial charge is 0.302 e. The Morgan fingerprint density at radius 1 is 1.40 bits per heavy atom. The first-order valence-corrected chi connectivity index (χ1v) is 5.96. The number of nitriles is 1. The molecular weight excluding hydrogens is 186 g/mol. The summed E-state index contributed by atoms with van der Waals surface area (Å²) in [5, 5.41) is 8.54.